The van der Waals surface area contributed by atoms with Crippen LogP contribution in [-0.2, 0) is 15.0 Å². The third-order valence-electron chi connectivity index (χ3n) is 3.63. The first-order chi connectivity index (χ1) is 9.46. The van der Waals surface area contributed by atoms with Crippen LogP contribution < -0.4 is 5.48 Å². The summed E-state index contributed by atoms with van der Waals surface area (Å²) in [5.74, 6) is -1.04. The number of aryl methyl sites for hydroxylation is 1. The number of rotatable bonds is 5. The summed E-state index contributed by atoms with van der Waals surface area (Å²) >= 11 is 1.47. The molecule has 110 valence electrons. The summed E-state index contributed by atoms with van der Waals surface area (Å²) in [7, 11) is 1.45. The van der Waals surface area contributed by atoms with Crippen molar-refractivity contribution in [3.63, 3.8) is 0 Å². The van der Waals surface area contributed by atoms with E-state index in [0.29, 0.717) is 12.8 Å². The van der Waals surface area contributed by atoms with Gasteiger partial charge >= 0.3 is 0 Å². The number of aromatic nitrogens is 1. The molecule has 20 heavy (non-hydrogen) atoms. The Hall–Kier alpha value is -1.51. The molecule has 7 nitrogen and oxygen atoms in total. The third-order valence-corrected chi connectivity index (χ3v) is 4.74. The molecule has 2 amide bonds. The maximum absolute atomic E-state index is 12.6. The Bertz CT molecular complexity index is 527. The van der Waals surface area contributed by atoms with Crippen LogP contribution in [0.3, 0.4) is 0 Å². The molecular formula is C12H17N3O4S. The van der Waals surface area contributed by atoms with Crippen molar-refractivity contribution in [1.29, 1.82) is 0 Å². The van der Waals surface area contributed by atoms with Gasteiger partial charge in [0.2, 0.25) is 5.91 Å². The van der Waals surface area contributed by atoms with Gasteiger partial charge in [0.05, 0.1) is 17.0 Å². The van der Waals surface area contributed by atoms with E-state index in [-0.39, 0.29) is 5.91 Å². The number of hydroxylamine groups is 1. The predicted octanol–water partition coefficient (Wildman–Crippen LogP) is -0.192. The summed E-state index contributed by atoms with van der Waals surface area (Å²) in [6, 6.07) is -1.10. The van der Waals surface area contributed by atoms with Gasteiger partial charge in [0.1, 0.15) is 6.04 Å². The van der Waals surface area contributed by atoms with Gasteiger partial charge in [-0.25, -0.2) is 10.5 Å². The third kappa shape index (κ3) is 2.41. The summed E-state index contributed by atoms with van der Waals surface area (Å²) in [4.78, 5) is 30.3. The molecule has 0 bridgehead atoms. The fourth-order valence-electron chi connectivity index (χ4n) is 2.21. The van der Waals surface area contributed by atoms with Gasteiger partial charge < -0.3 is 10.0 Å². The molecule has 0 radical (unpaired) electrons. The Morgan fingerprint density at radius 1 is 1.60 bits per heavy atom. The molecular weight excluding hydrogens is 282 g/mol. The van der Waals surface area contributed by atoms with Gasteiger partial charge in [0, 0.05) is 18.1 Å². The lowest BCUT2D eigenvalue weighted by atomic mass is 10.0. The van der Waals surface area contributed by atoms with Crippen LogP contribution in [0.4, 0.5) is 0 Å². The van der Waals surface area contributed by atoms with Crippen LogP contribution >= 0.6 is 11.3 Å². The van der Waals surface area contributed by atoms with Crippen molar-refractivity contribution in [2.75, 3.05) is 13.7 Å². The van der Waals surface area contributed by atoms with E-state index < -0.39 is 24.0 Å². The topological polar surface area (TPSA) is 103 Å². The Labute approximate surface area is 120 Å². The van der Waals surface area contributed by atoms with Crippen molar-refractivity contribution in [2.45, 2.75) is 31.2 Å². The second-order valence-corrected chi connectivity index (χ2v) is 6.15. The second-order valence-electron chi connectivity index (χ2n) is 4.92. The number of likely N-dealkylation sites (N-methyl/N-ethyl adjacent to an activating group) is 1. The molecule has 0 spiro atoms. The SMILES string of the molecule is Cc1ncc(C2(C(=O)N(C)C(CO)C(=O)NO)CC2)s1. The monoisotopic (exact) mass is 299 g/mol. The van der Waals surface area contributed by atoms with Gasteiger partial charge in [-0.15, -0.1) is 11.3 Å². The average Bonchev–Trinajstić information content (AvgIpc) is 3.14. The number of nitrogens with one attached hydrogen (secondary N) is 1. The molecule has 2 rings (SSSR count). The van der Waals surface area contributed by atoms with Crippen LogP contribution in [0.25, 0.3) is 0 Å². The van der Waals surface area contributed by atoms with E-state index in [4.69, 9.17) is 5.21 Å². The van der Waals surface area contributed by atoms with Crippen molar-refractivity contribution >= 4 is 23.2 Å². The highest BCUT2D eigenvalue weighted by Crippen LogP contribution is 2.51. The zero-order valence-electron chi connectivity index (χ0n) is 11.3. The van der Waals surface area contributed by atoms with Gasteiger partial charge in [0.15, 0.2) is 0 Å². The van der Waals surface area contributed by atoms with E-state index in [0.717, 1.165) is 9.88 Å². The smallest absolute Gasteiger partial charge is 0.268 e. The highest BCUT2D eigenvalue weighted by molar-refractivity contribution is 7.11. The lowest BCUT2D eigenvalue weighted by molar-refractivity contribution is -0.146. The number of amides is 2. The second kappa shape index (κ2) is 5.47. The number of carbonyl (C=O) groups excluding carboxylic acids is 2. The van der Waals surface area contributed by atoms with Gasteiger partial charge in [-0.3, -0.25) is 14.8 Å². The number of aliphatic hydroxyl groups is 1. The van der Waals surface area contributed by atoms with Crippen LogP contribution in [0.5, 0.6) is 0 Å². The highest BCUT2D eigenvalue weighted by Gasteiger charge is 2.55. The van der Waals surface area contributed by atoms with Gasteiger partial charge in [-0.05, 0) is 19.8 Å². The molecule has 1 aromatic rings. The van der Waals surface area contributed by atoms with Crippen molar-refractivity contribution in [2.24, 2.45) is 0 Å². The zero-order chi connectivity index (χ0) is 14.9. The number of hydrogen-bond donors (Lipinski definition) is 3. The first kappa shape index (κ1) is 14.9. The van der Waals surface area contributed by atoms with Crippen molar-refractivity contribution in [3.8, 4) is 0 Å². The van der Waals surface area contributed by atoms with Crippen molar-refractivity contribution < 1.29 is 19.9 Å². The lowest BCUT2D eigenvalue weighted by Crippen LogP contribution is -2.51. The minimum atomic E-state index is -1.10. The van der Waals surface area contributed by atoms with Gasteiger partial charge in [0.25, 0.3) is 5.91 Å². The lowest BCUT2D eigenvalue weighted by Gasteiger charge is -2.28. The van der Waals surface area contributed by atoms with Gasteiger partial charge in [-0.1, -0.05) is 0 Å². The summed E-state index contributed by atoms with van der Waals surface area (Å²) in [5, 5.41) is 18.8. The maximum Gasteiger partial charge on any atom is 0.268 e. The van der Waals surface area contributed by atoms with E-state index in [1.165, 1.54) is 28.8 Å². The first-order valence-corrected chi connectivity index (χ1v) is 7.03. The molecule has 1 aromatic heterocycles. The molecule has 8 heteroatoms. The van der Waals surface area contributed by atoms with Crippen molar-refractivity contribution in [3.05, 3.63) is 16.1 Å². The molecule has 1 aliphatic rings. The minimum Gasteiger partial charge on any atom is -0.394 e. The normalized spacial score (nSPS) is 17.4. The molecule has 1 atom stereocenters. The standard InChI is InChI=1S/C12H17N3O4S/c1-7-13-5-9(20-7)12(3-4-12)11(18)15(2)8(6-16)10(17)14-19/h5,8,16,19H,3-4,6H2,1-2H3,(H,14,17). The molecule has 1 heterocycles. The van der Waals surface area contributed by atoms with E-state index in [1.807, 2.05) is 6.92 Å². The number of nitrogens with zero attached hydrogens (tertiary/aromatic N) is 2. The fraction of sp³-hybridized carbons (Fsp3) is 0.583. The number of aliphatic hydroxyl groups excluding tert-OH is 1. The van der Waals surface area contributed by atoms with Crippen LogP contribution in [0, 0.1) is 6.92 Å². The number of hydrogen-bond acceptors (Lipinski definition) is 6. The summed E-state index contributed by atoms with van der Waals surface area (Å²) in [5.41, 5.74) is 0.844. The quantitative estimate of drug-likeness (QED) is 0.516. The molecule has 0 aromatic carbocycles. The molecule has 3 N–H and O–H groups in total. The Morgan fingerprint density at radius 3 is 2.65 bits per heavy atom. The van der Waals surface area contributed by atoms with Gasteiger partial charge in [-0.2, -0.15) is 0 Å². The molecule has 0 aliphatic heterocycles. The minimum absolute atomic E-state index is 0.233. The Balaban J connectivity index is 2.20. The van der Waals surface area contributed by atoms with Crippen LogP contribution in [0.2, 0.25) is 0 Å². The fourth-order valence-corrected chi connectivity index (χ4v) is 3.22. The molecule has 1 unspecified atom stereocenters. The van der Waals surface area contributed by atoms with E-state index in [1.54, 1.807) is 6.20 Å². The van der Waals surface area contributed by atoms with E-state index >= 15 is 0 Å². The predicted molar refractivity (Wildman–Crippen MR) is 71.3 cm³/mol. The van der Waals surface area contributed by atoms with Crippen LogP contribution in [0.15, 0.2) is 6.20 Å². The summed E-state index contributed by atoms with van der Waals surface area (Å²) in [6.45, 7) is 1.32. The van der Waals surface area contributed by atoms with E-state index in [2.05, 4.69) is 4.98 Å². The Kier molecular flexibility index (Phi) is 4.07. The maximum atomic E-state index is 12.6. The van der Waals surface area contributed by atoms with E-state index in [9.17, 15) is 14.7 Å². The number of thiazole rings is 1. The molecule has 1 saturated carbocycles. The van der Waals surface area contributed by atoms with Crippen molar-refractivity contribution in [1.82, 2.24) is 15.4 Å². The average molecular weight is 299 g/mol. The van der Waals surface area contributed by atoms with Crippen LogP contribution in [0.1, 0.15) is 22.7 Å². The highest BCUT2D eigenvalue weighted by atomic mass is 32.1. The zero-order valence-corrected chi connectivity index (χ0v) is 12.1. The Morgan fingerprint density at radius 2 is 2.25 bits per heavy atom. The molecule has 0 saturated heterocycles. The summed E-state index contributed by atoms with van der Waals surface area (Å²) < 4.78 is 0. The summed E-state index contributed by atoms with van der Waals surface area (Å²) in [6.07, 6.45) is 3.10. The first-order valence-electron chi connectivity index (χ1n) is 6.21. The largest absolute Gasteiger partial charge is 0.394 e. The molecule has 1 aliphatic carbocycles. The van der Waals surface area contributed by atoms with Crippen LogP contribution in [-0.4, -0.2) is 51.7 Å². The molecule has 1 fully saturated rings. The number of carbonyl (C=O) groups is 2.